The van der Waals surface area contributed by atoms with Gasteiger partial charge in [-0.2, -0.15) is 5.10 Å². The lowest BCUT2D eigenvalue weighted by Crippen LogP contribution is -2.36. The highest BCUT2D eigenvalue weighted by molar-refractivity contribution is 6.33. The molecular weight excluding hydrogens is 276 g/mol. The number of aromatic nitrogens is 2. The van der Waals surface area contributed by atoms with Crippen molar-refractivity contribution < 1.29 is 0 Å². The Bertz CT molecular complexity index is 557. The van der Waals surface area contributed by atoms with Gasteiger partial charge in [0.1, 0.15) is 12.2 Å². The SMILES string of the molecule is C#CCn1ncc(Cl)c(NC(C)CN2CCCC2)c1=O. The standard InChI is InChI=1S/C14H19ClN4O/c1-3-6-19-14(20)13(12(15)9-16-19)17-11(2)10-18-7-4-5-8-18/h1,9,11,17H,4-8,10H2,2H3. The number of hydrogen-bond donors (Lipinski definition) is 1. The van der Waals surface area contributed by atoms with E-state index < -0.39 is 0 Å². The van der Waals surface area contributed by atoms with Crippen LogP contribution in [-0.2, 0) is 6.54 Å². The molecule has 1 aromatic heterocycles. The highest BCUT2D eigenvalue weighted by atomic mass is 35.5. The van der Waals surface area contributed by atoms with E-state index in [0.29, 0.717) is 10.7 Å². The molecule has 1 aliphatic rings. The molecule has 5 nitrogen and oxygen atoms in total. The summed E-state index contributed by atoms with van der Waals surface area (Å²) in [4.78, 5) is 14.6. The van der Waals surface area contributed by atoms with Crippen molar-refractivity contribution in [3.05, 3.63) is 21.6 Å². The fourth-order valence-electron chi connectivity index (χ4n) is 2.44. The Balaban J connectivity index is 2.09. The van der Waals surface area contributed by atoms with Gasteiger partial charge in [0.15, 0.2) is 0 Å². The van der Waals surface area contributed by atoms with Crippen LogP contribution in [-0.4, -0.2) is 40.4 Å². The normalized spacial score (nSPS) is 16.9. The average Bonchev–Trinajstić information content (AvgIpc) is 2.91. The van der Waals surface area contributed by atoms with E-state index in [1.165, 1.54) is 23.7 Å². The maximum absolute atomic E-state index is 12.2. The predicted octanol–water partition coefficient (Wildman–Crippen LogP) is 1.43. The van der Waals surface area contributed by atoms with Gasteiger partial charge in [-0.15, -0.1) is 6.42 Å². The van der Waals surface area contributed by atoms with Gasteiger partial charge < -0.3 is 10.2 Å². The molecule has 1 aliphatic heterocycles. The van der Waals surface area contributed by atoms with Crippen LogP contribution < -0.4 is 10.9 Å². The summed E-state index contributed by atoms with van der Waals surface area (Å²) in [6, 6.07) is 0.139. The third kappa shape index (κ3) is 3.53. The minimum absolute atomic E-state index is 0.139. The maximum Gasteiger partial charge on any atom is 0.292 e. The van der Waals surface area contributed by atoms with Crippen LogP contribution >= 0.6 is 11.6 Å². The smallest absolute Gasteiger partial charge is 0.292 e. The number of terminal acetylenes is 1. The first-order valence-electron chi connectivity index (χ1n) is 6.80. The molecule has 0 aliphatic carbocycles. The van der Waals surface area contributed by atoms with E-state index in [4.69, 9.17) is 18.0 Å². The summed E-state index contributed by atoms with van der Waals surface area (Å²) >= 11 is 6.06. The Morgan fingerprint density at radius 1 is 1.55 bits per heavy atom. The van der Waals surface area contributed by atoms with Crippen molar-refractivity contribution in [2.24, 2.45) is 0 Å². The monoisotopic (exact) mass is 294 g/mol. The summed E-state index contributed by atoms with van der Waals surface area (Å²) in [6.45, 7) is 5.33. The number of nitrogens with one attached hydrogen (secondary N) is 1. The Kier molecular flexibility index (Phi) is 5.05. The van der Waals surface area contributed by atoms with Gasteiger partial charge in [-0.3, -0.25) is 4.79 Å². The molecule has 0 aromatic carbocycles. The lowest BCUT2D eigenvalue weighted by molar-refractivity contribution is 0.327. The van der Waals surface area contributed by atoms with E-state index in [2.05, 4.69) is 21.2 Å². The Morgan fingerprint density at radius 2 is 2.25 bits per heavy atom. The van der Waals surface area contributed by atoms with Crippen LogP contribution in [0.2, 0.25) is 5.02 Å². The third-order valence-corrected chi connectivity index (χ3v) is 3.65. The summed E-state index contributed by atoms with van der Waals surface area (Å²) in [7, 11) is 0. The zero-order valence-corrected chi connectivity index (χ0v) is 12.4. The molecule has 0 bridgehead atoms. The van der Waals surface area contributed by atoms with Crippen molar-refractivity contribution in [1.29, 1.82) is 0 Å². The van der Waals surface area contributed by atoms with Crippen LogP contribution in [0.25, 0.3) is 0 Å². The summed E-state index contributed by atoms with van der Waals surface area (Å²) in [5.74, 6) is 2.40. The fraction of sp³-hybridized carbons (Fsp3) is 0.571. The molecule has 1 fully saturated rings. The van der Waals surface area contributed by atoms with Gasteiger partial charge in [0, 0.05) is 12.6 Å². The molecule has 0 spiro atoms. The molecule has 6 heteroatoms. The summed E-state index contributed by atoms with van der Waals surface area (Å²) < 4.78 is 1.23. The molecule has 108 valence electrons. The van der Waals surface area contributed by atoms with Gasteiger partial charge in [-0.1, -0.05) is 17.5 Å². The topological polar surface area (TPSA) is 50.2 Å². The fourth-order valence-corrected chi connectivity index (χ4v) is 2.62. The highest BCUT2D eigenvalue weighted by Crippen LogP contribution is 2.17. The predicted molar refractivity (Wildman–Crippen MR) is 81.1 cm³/mol. The van der Waals surface area contributed by atoms with Crippen molar-refractivity contribution in [2.45, 2.75) is 32.4 Å². The summed E-state index contributed by atoms with van der Waals surface area (Å²) in [6.07, 6.45) is 9.16. The van der Waals surface area contributed by atoms with Gasteiger partial charge >= 0.3 is 0 Å². The quantitative estimate of drug-likeness (QED) is 0.835. The third-order valence-electron chi connectivity index (χ3n) is 3.36. The van der Waals surface area contributed by atoms with Crippen molar-refractivity contribution in [1.82, 2.24) is 14.7 Å². The largest absolute Gasteiger partial charge is 0.376 e. The summed E-state index contributed by atoms with van der Waals surface area (Å²) in [5.41, 5.74) is 0.104. The lowest BCUT2D eigenvalue weighted by Gasteiger charge is -2.22. The first-order chi connectivity index (χ1) is 9.61. The Hall–Kier alpha value is -1.51. The lowest BCUT2D eigenvalue weighted by atomic mass is 10.3. The minimum Gasteiger partial charge on any atom is -0.376 e. The van der Waals surface area contributed by atoms with E-state index in [1.54, 1.807) is 0 Å². The average molecular weight is 295 g/mol. The second-order valence-electron chi connectivity index (χ2n) is 5.09. The minimum atomic E-state index is -0.274. The number of likely N-dealkylation sites (tertiary alicyclic amines) is 1. The second-order valence-corrected chi connectivity index (χ2v) is 5.49. The molecule has 1 N–H and O–H groups in total. The zero-order valence-electron chi connectivity index (χ0n) is 11.6. The van der Waals surface area contributed by atoms with E-state index in [-0.39, 0.29) is 18.1 Å². The van der Waals surface area contributed by atoms with Crippen molar-refractivity contribution in [3.8, 4) is 12.3 Å². The first kappa shape index (κ1) is 14.9. The van der Waals surface area contributed by atoms with Crippen LogP contribution in [0.15, 0.2) is 11.0 Å². The Morgan fingerprint density at radius 3 is 2.90 bits per heavy atom. The molecule has 2 heterocycles. The van der Waals surface area contributed by atoms with Crippen LogP contribution in [0.1, 0.15) is 19.8 Å². The second kappa shape index (κ2) is 6.78. The van der Waals surface area contributed by atoms with Gasteiger partial charge in [-0.25, -0.2) is 4.68 Å². The van der Waals surface area contributed by atoms with Crippen LogP contribution in [0.5, 0.6) is 0 Å². The van der Waals surface area contributed by atoms with Crippen LogP contribution in [0.4, 0.5) is 5.69 Å². The van der Waals surface area contributed by atoms with Crippen LogP contribution in [0, 0.1) is 12.3 Å². The molecule has 1 aromatic rings. The van der Waals surface area contributed by atoms with E-state index in [0.717, 1.165) is 19.6 Å². The molecule has 2 rings (SSSR count). The number of rotatable bonds is 5. The molecule has 1 saturated heterocycles. The molecule has 0 saturated carbocycles. The molecule has 1 unspecified atom stereocenters. The number of hydrogen-bond acceptors (Lipinski definition) is 4. The molecular formula is C14H19ClN4O. The number of halogens is 1. The van der Waals surface area contributed by atoms with E-state index >= 15 is 0 Å². The van der Waals surface area contributed by atoms with Gasteiger partial charge in [0.05, 0.1) is 11.2 Å². The molecule has 20 heavy (non-hydrogen) atoms. The number of anilines is 1. The first-order valence-corrected chi connectivity index (χ1v) is 7.17. The van der Waals surface area contributed by atoms with E-state index in [1.807, 2.05) is 6.92 Å². The molecule has 0 radical (unpaired) electrons. The summed E-state index contributed by atoms with van der Waals surface area (Å²) in [5, 5.41) is 7.44. The highest BCUT2D eigenvalue weighted by Gasteiger charge is 2.17. The molecule has 0 amide bonds. The van der Waals surface area contributed by atoms with Crippen LogP contribution in [0.3, 0.4) is 0 Å². The van der Waals surface area contributed by atoms with E-state index in [9.17, 15) is 4.79 Å². The zero-order chi connectivity index (χ0) is 14.5. The Labute approximate surface area is 123 Å². The van der Waals surface area contributed by atoms with Gasteiger partial charge in [0.25, 0.3) is 5.56 Å². The van der Waals surface area contributed by atoms with Crippen molar-refractivity contribution in [3.63, 3.8) is 0 Å². The van der Waals surface area contributed by atoms with Crippen molar-refractivity contribution >= 4 is 17.3 Å². The number of nitrogens with zero attached hydrogens (tertiary/aromatic N) is 3. The van der Waals surface area contributed by atoms with Gasteiger partial charge in [0.2, 0.25) is 0 Å². The molecule has 1 atom stereocenters. The van der Waals surface area contributed by atoms with Gasteiger partial charge in [-0.05, 0) is 32.9 Å². The van der Waals surface area contributed by atoms with Crippen molar-refractivity contribution in [2.75, 3.05) is 25.0 Å². The maximum atomic E-state index is 12.2.